The van der Waals surface area contributed by atoms with Crippen LogP contribution in [0.25, 0.3) is 0 Å². The van der Waals surface area contributed by atoms with E-state index in [4.69, 9.17) is 9.84 Å². The summed E-state index contributed by atoms with van der Waals surface area (Å²) < 4.78 is 18.9. The molecule has 0 bridgehead atoms. The second-order valence-corrected chi connectivity index (χ2v) is 3.82. The molecule has 1 fully saturated rings. The summed E-state index contributed by atoms with van der Waals surface area (Å²) in [7, 11) is 0. The molecule has 0 unspecified atom stereocenters. The molecule has 1 aliphatic heterocycles. The molecule has 1 aromatic heterocycles. The highest BCUT2D eigenvalue weighted by atomic mass is 19.1. The van der Waals surface area contributed by atoms with Crippen LogP contribution in [0.4, 0.5) is 4.39 Å². The maximum atomic E-state index is 13.0. The van der Waals surface area contributed by atoms with Crippen LogP contribution in [0, 0.1) is 5.82 Å². The van der Waals surface area contributed by atoms with E-state index in [0.717, 1.165) is 22.9 Å². The quantitative estimate of drug-likeness (QED) is 0.596. The molecule has 0 spiro atoms. The van der Waals surface area contributed by atoms with Gasteiger partial charge in [-0.15, -0.1) is 0 Å². The molecule has 17 heavy (non-hydrogen) atoms. The Morgan fingerprint density at radius 2 is 2.06 bits per heavy atom. The summed E-state index contributed by atoms with van der Waals surface area (Å²) in [6, 6.07) is 1.98. The molecule has 0 radical (unpaired) electrons. The summed E-state index contributed by atoms with van der Waals surface area (Å²) >= 11 is 0. The van der Waals surface area contributed by atoms with Gasteiger partial charge in [0.1, 0.15) is 24.1 Å². The third kappa shape index (κ3) is 2.09. The highest BCUT2D eigenvalue weighted by molar-refractivity contribution is 5.00. The van der Waals surface area contributed by atoms with Crippen LogP contribution in [-0.4, -0.2) is 44.8 Å². The van der Waals surface area contributed by atoms with E-state index in [-0.39, 0.29) is 0 Å². The Labute approximate surface area is 95.5 Å². The third-order valence-electron chi connectivity index (χ3n) is 2.69. The van der Waals surface area contributed by atoms with Gasteiger partial charge in [0.25, 0.3) is 5.56 Å². The predicted octanol–water partition coefficient (Wildman–Crippen LogP) is -1.40. The van der Waals surface area contributed by atoms with E-state index < -0.39 is 42.5 Å². The third-order valence-corrected chi connectivity index (χ3v) is 2.69. The van der Waals surface area contributed by atoms with Crippen molar-refractivity contribution in [3.63, 3.8) is 0 Å². The van der Waals surface area contributed by atoms with Gasteiger partial charge in [-0.25, -0.2) is 4.39 Å². The number of hydrogen-bond acceptors (Lipinski definition) is 5. The van der Waals surface area contributed by atoms with Crippen LogP contribution in [0.2, 0.25) is 0 Å². The zero-order valence-electron chi connectivity index (χ0n) is 8.73. The summed E-state index contributed by atoms with van der Waals surface area (Å²) in [6.07, 6.45) is -4.04. The Morgan fingerprint density at radius 3 is 2.65 bits per heavy atom. The van der Waals surface area contributed by atoms with Crippen molar-refractivity contribution in [2.75, 3.05) is 6.61 Å². The van der Waals surface area contributed by atoms with Crippen LogP contribution < -0.4 is 5.56 Å². The van der Waals surface area contributed by atoms with Gasteiger partial charge in [-0.1, -0.05) is 0 Å². The van der Waals surface area contributed by atoms with E-state index in [2.05, 4.69) is 0 Å². The Hall–Kier alpha value is -1.28. The van der Waals surface area contributed by atoms with Crippen molar-refractivity contribution in [1.29, 1.82) is 0 Å². The maximum absolute atomic E-state index is 13.0. The molecule has 94 valence electrons. The Bertz CT molecular complexity index is 462. The van der Waals surface area contributed by atoms with Gasteiger partial charge in [0.15, 0.2) is 6.23 Å². The predicted molar refractivity (Wildman–Crippen MR) is 53.7 cm³/mol. The van der Waals surface area contributed by atoms with Crippen LogP contribution in [-0.2, 0) is 4.74 Å². The number of rotatable bonds is 2. The van der Waals surface area contributed by atoms with E-state index in [0.29, 0.717) is 0 Å². The number of pyridine rings is 1. The number of halogens is 1. The lowest BCUT2D eigenvalue weighted by molar-refractivity contribution is -0.0547. The monoisotopic (exact) mass is 245 g/mol. The molecule has 2 rings (SSSR count). The SMILES string of the molecule is O=c1ccc(F)cn1[C@@H]1O[C@H](CO)[C@@H](O)[C@H]1O. The number of nitrogens with zero attached hydrogens (tertiary/aromatic N) is 1. The number of hydrogen-bond donors (Lipinski definition) is 3. The largest absolute Gasteiger partial charge is 0.394 e. The first-order valence-corrected chi connectivity index (χ1v) is 5.04. The molecule has 3 N–H and O–H groups in total. The minimum absolute atomic E-state index is 0.501. The average Bonchev–Trinajstić information content (AvgIpc) is 2.59. The van der Waals surface area contributed by atoms with Gasteiger partial charge in [0.05, 0.1) is 6.61 Å². The van der Waals surface area contributed by atoms with Gasteiger partial charge in [0, 0.05) is 12.3 Å². The van der Waals surface area contributed by atoms with Crippen LogP contribution in [0.3, 0.4) is 0 Å². The topological polar surface area (TPSA) is 91.9 Å². The Morgan fingerprint density at radius 1 is 1.35 bits per heavy atom. The molecule has 2 heterocycles. The van der Waals surface area contributed by atoms with Gasteiger partial charge >= 0.3 is 0 Å². The first-order valence-electron chi connectivity index (χ1n) is 5.04. The van der Waals surface area contributed by atoms with Crippen molar-refractivity contribution in [3.05, 3.63) is 34.5 Å². The normalized spacial score (nSPS) is 32.9. The average molecular weight is 245 g/mol. The second-order valence-electron chi connectivity index (χ2n) is 3.82. The fourth-order valence-electron chi connectivity index (χ4n) is 1.79. The van der Waals surface area contributed by atoms with Crippen molar-refractivity contribution in [3.8, 4) is 0 Å². The maximum Gasteiger partial charge on any atom is 0.252 e. The van der Waals surface area contributed by atoms with Crippen LogP contribution in [0.1, 0.15) is 6.23 Å². The molecular weight excluding hydrogens is 233 g/mol. The first kappa shape index (κ1) is 12.2. The standard InChI is InChI=1S/C10H12FNO5/c11-5-1-2-7(14)12(3-5)10-9(16)8(15)6(4-13)17-10/h1-3,6,8-10,13,15-16H,4H2/t6-,8-,9-,10-/m1/s1. The zero-order chi connectivity index (χ0) is 12.6. The lowest BCUT2D eigenvalue weighted by Crippen LogP contribution is -2.35. The van der Waals surface area contributed by atoms with Crippen LogP contribution in [0.5, 0.6) is 0 Å². The number of aliphatic hydroxyl groups is 3. The molecule has 1 saturated heterocycles. The summed E-state index contributed by atoms with van der Waals surface area (Å²) in [5, 5.41) is 28.0. The van der Waals surface area contributed by atoms with Gasteiger partial charge in [-0.05, 0) is 6.07 Å². The van der Waals surface area contributed by atoms with E-state index in [1.807, 2.05) is 0 Å². The van der Waals surface area contributed by atoms with Crippen LogP contribution in [0.15, 0.2) is 23.1 Å². The Balaban J connectivity index is 2.35. The van der Waals surface area contributed by atoms with Gasteiger partial charge < -0.3 is 20.1 Å². The van der Waals surface area contributed by atoms with Crippen molar-refractivity contribution in [2.24, 2.45) is 0 Å². The van der Waals surface area contributed by atoms with Gasteiger partial charge in [-0.3, -0.25) is 9.36 Å². The molecule has 0 amide bonds. The molecule has 6 nitrogen and oxygen atoms in total. The highest BCUT2D eigenvalue weighted by Gasteiger charge is 2.43. The summed E-state index contributed by atoms with van der Waals surface area (Å²) in [6.45, 7) is -0.501. The Kier molecular flexibility index (Phi) is 3.25. The lowest BCUT2D eigenvalue weighted by atomic mass is 10.1. The van der Waals surface area contributed by atoms with Crippen LogP contribution >= 0.6 is 0 Å². The highest BCUT2D eigenvalue weighted by Crippen LogP contribution is 2.28. The zero-order valence-corrected chi connectivity index (χ0v) is 8.73. The number of aromatic nitrogens is 1. The summed E-state index contributed by atoms with van der Waals surface area (Å²) in [4.78, 5) is 11.5. The van der Waals surface area contributed by atoms with E-state index >= 15 is 0 Å². The molecular formula is C10H12FNO5. The van der Waals surface area contributed by atoms with Crippen molar-refractivity contribution in [2.45, 2.75) is 24.5 Å². The fraction of sp³-hybridized carbons (Fsp3) is 0.500. The molecule has 4 atom stereocenters. The minimum Gasteiger partial charge on any atom is -0.394 e. The minimum atomic E-state index is -1.40. The van der Waals surface area contributed by atoms with Crippen molar-refractivity contribution in [1.82, 2.24) is 4.57 Å². The number of aliphatic hydroxyl groups excluding tert-OH is 3. The molecule has 7 heteroatoms. The number of ether oxygens (including phenoxy) is 1. The molecule has 0 aliphatic carbocycles. The summed E-state index contributed by atoms with van der Waals surface area (Å²) in [5.74, 6) is -0.665. The fourth-order valence-corrected chi connectivity index (χ4v) is 1.79. The molecule has 1 aliphatic rings. The molecule has 0 aromatic carbocycles. The molecule has 0 saturated carbocycles. The van der Waals surface area contributed by atoms with Crippen molar-refractivity contribution < 1.29 is 24.4 Å². The smallest absolute Gasteiger partial charge is 0.252 e. The second kappa shape index (κ2) is 4.53. The van der Waals surface area contributed by atoms with E-state index in [9.17, 15) is 19.4 Å². The van der Waals surface area contributed by atoms with E-state index in [1.54, 1.807) is 0 Å². The lowest BCUT2D eigenvalue weighted by Gasteiger charge is -2.17. The van der Waals surface area contributed by atoms with Gasteiger partial charge in [0.2, 0.25) is 0 Å². The van der Waals surface area contributed by atoms with Crippen molar-refractivity contribution >= 4 is 0 Å². The van der Waals surface area contributed by atoms with E-state index in [1.165, 1.54) is 0 Å². The molecule has 1 aromatic rings. The summed E-state index contributed by atoms with van der Waals surface area (Å²) in [5.41, 5.74) is -0.568. The first-order chi connectivity index (χ1) is 8.04. The van der Waals surface area contributed by atoms with Gasteiger partial charge in [-0.2, -0.15) is 0 Å².